The fourth-order valence-electron chi connectivity index (χ4n) is 3.24. The van der Waals surface area contributed by atoms with E-state index in [2.05, 4.69) is 15.9 Å². The van der Waals surface area contributed by atoms with Gasteiger partial charge in [-0.1, -0.05) is 23.7 Å². The van der Waals surface area contributed by atoms with E-state index in [1.807, 2.05) is 42.5 Å². The number of anilines is 1. The van der Waals surface area contributed by atoms with Crippen molar-refractivity contribution in [2.45, 2.75) is 6.42 Å². The Morgan fingerprint density at radius 1 is 1.07 bits per heavy atom. The minimum Gasteiger partial charge on any atom is -0.491 e. The van der Waals surface area contributed by atoms with E-state index in [0.717, 1.165) is 44.8 Å². The average molecular weight is 386 g/mol. The number of piperazine rings is 1. The summed E-state index contributed by atoms with van der Waals surface area (Å²) in [6.07, 6.45) is 0.989. The maximum atomic E-state index is 8.86. The van der Waals surface area contributed by atoms with E-state index in [9.17, 15) is 0 Å². The number of hydrogen-bond acceptors (Lipinski definition) is 5. The van der Waals surface area contributed by atoms with Crippen molar-refractivity contribution in [3.05, 3.63) is 58.6 Å². The Morgan fingerprint density at radius 3 is 2.44 bits per heavy atom. The first kappa shape index (κ1) is 19.5. The summed E-state index contributed by atoms with van der Waals surface area (Å²) in [5.74, 6) is 0.679. The highest BCUT2D eigenvalue weighted by molar-refractivity contribution is 6.33. The number of halogens is 1. The molecule has 0 spiro atoms. The largest absolute Gasteiger partial charge is 0.491 e. The molecule has 3 rings (SSSR count). The third-order valence-electron chi connectivity index (χ3n) is 4.79. The molecule has 0 atom stereocenters. The van der Waals surface area contributed by atoms with Gasteiger partial charge in [0.2, 0.25) is 0 Å². The van der Waals surface area contributed by atoms with Crippen LogP contribution >= 0.6 is 11.6 Å². The van der Waals surface area contributed by atoms with E-state index in [4.69, 9.17) is 26.7 Å². The zero-order chi connectivity index (χ0) is 19.1. The van der Waals surface area contributed by atoms with E-state index in [0.29, 0.717) is 16.3 Å². The Morgan fingerprint density at radius 2 is 1.81 bits per heavy atom. The fraction of sp³-hybridized carbons (Fsp3) is 0.381. The second-order valence-electron chi connectivity index (χ2n) is 6.57. The molecule has 1 N–H and O–H groups in total. The van der Waals surface area contributed by atoms with Crippen LogP contribution in [0.3, 0.4) is 0 Å². The predicted molar refractivity (Wildman–Crippen MR) is 108 cm³/mol. The van der Waals surface area contributed by atoms with Gasteiger partial charge in [0, 0.05) is 38.8 Å². The van der Waals surface area contributed by atoms with Crippen molar-refractivity contribution in [2.75, 3.05) is 50.8 Å². The third kappa shape index (κ3) is 5.36. The van der Waals surface area contributed by atoms with E-state index in [-0.39, 0.29) is 13.2 Å². The summed E-state index contributed by atoms with van der Waals surface area (Å²) >= 11 is 6.42. The van der Waals surface area contributed by atoms with Crippen LogP contribution in [0.1, 0.15) is 11.1 Å². The number of benzene rings is 2. The molecule has 2 aromatic rings. The Bertz CT molecular complexity index is 781. The van der Waals surface area contributed by atoms with Gasteiger partial charge in [-0.15, -0.1) is 0 Å². The first-order valence-corrected chi connectivity index (χ1v) is 9.57. The quantitative estimate of drug-likeness (QED) is 0.794. The van der Waals surface area contributed by atoms with Crippen LogP contribution in [0.4, 0.5) is 5.69 Å². The van der Waals surface area contributed by atoms with E-state index < -0.39 is 0 Å². The summed E-state index contributed by atoms with van der Waals surface area (Å²) in [7, 11) is 0. The first-order valence-electron chi connectivity index (χ1n) is 9.19. The molecule has 2 aromatic carbocycles. The molecule has 1 fully saturated rings. The predicted octanol–water partition coefficient (Wildman–Crippen LogP) is 2.95. The van der Waals surface area contributed by atoms with Crippen molar-refractivity contribution in [3.8, 4) is 11.8 Å². The van der Waals surface area contributed by atoms with Gasteiger partial charge in [0.05, 0.1) is 28.9 Å². The zero-order valence-electron chi connectivity index (χ0n) is 15.3. The molecule has 1 aliphatic heterocycles. The number of hydrogen-bond donors (Lipinski definition) is 1. The molecule has 27 heavy (non-hydrogen) atoms. The van der Waals surface area contributed by atoms with Crippen LogP contribution in [0.25, 0.3) is 0 Å². The van der Waals surface area contributed by atoms with Crippen LogP contribution in [-0.2, 0) is 6.42 Å². The molecule has 142 valence electrons. The lowest BCUT2D eigenvalue weighted by Gasteiger charge is -2.36. The van der Waals surface area contributed by atoms with Crippen molar-refractivity contribution < 1.29 is 9.84 Å². The normalized spacial score (nSPS) is 14.8. The molecule has 5 nitrogen and oxygen atoms in total. The summed E-state index contributed by atoms with van der Waals surface area (Å²) < 4.78 is 5.40. The fourth-order valence-corrected chi connectivity index (χ4v) is 3.53. The third-order valence-corrected chi connectivity index (χ3v) is 5.09. The summed E-state index contributed by atoms with van der Waals surface area (Å²) in [5, 5.41) is 18.4. The minimum atomic E-state index is -0.0101. The van der Waals surface area contributed by atoms with E-state index in [1.165, 1.54) is 5.56 Å². The highest BCUT2D eigenvalue weighted by Crippen LogP contribution is 2.30. The van der Waals surface area contributed by atoms with Crippen molar-refractivity contribution in [1.82, 2.24) is 4.90 Å². The Kier molecular flexibility index (Phi) is 6.94. The number of ether oxygens (including phenoxy) is 1. The number of aliphatic hydroxyl groups is 1. The number of nitrogens with zero attached hydrogens (tertiary/aromatic N) is 3. The maximum absolute atomic E-state index is 8.86. The van der Waals surface area contributed by atoms with Gasteiger partial charge >= 0.3 is 0 Å². The Labute approximate surface area is 165 Å². The van der Waals surface area contributed by atoms with Crippen LogP contribution in [0.2, 0.25) is 5.02 Å². The molecule has 0 unspecified atom stereocenters. The number of nitriles is 1. The lowest BCUT2D eigenvalue weighted by atomic mass is 10.1. The van der Waals surface area contributed by atoms with Gasteiger partial charge < -0.3 is 14.7 Å². The van der Waals surface area contributed by atoms with Crippen LogP contribution in [0.5, 0.6) is 5.75 Å². The van der Waals surface area contributed by atoms with Gasteiger partial charge in [-0.2, -0.15) is 5.26 Å². The molecule has 1 aliphatic rings. The molecular formula is C21H24ClN3O2. The van der Waals surface area contributed by atoms with Crippen molar-refractivity contribution in [3.63, 3.8) is 0 Å². The van der Waals surface area contributed by atoms with Crippen molar-refractivity contribution >= 4 is 17.3 Å². The SMILES string of the molecule is N#Cc1ccc(CCN2CCN(c3ccc(OCCO)cc3Cl)CC2)cc1. The molecular weight excluding hydrogens is 362 g/mol. The Balaban J connectivity index is 1.49. The highest BCUT2D eigenvalue weighted by atomic mass is 35.5. The maximum Gasteiger partial charge on any atom is 0.121 e. The molecule has 0 amide bonds. The van der Waals surface area contributed by atoms with E-state index >= 15 is 0 Å². The summed E-state index contributed by atoms with van der Waals surface area (Å²) in [5.41, 5.74) is 3.00. The zero-order valence-corrected chi connectivity index (χ0v) is 16.0. The van der Waals surface area contributed by atoms with Crippen molar-refractivity contribution in [2.24, 2.45) is 0 Å². The lowest BCUT2D eigenvalue weighted by molar-refractivity contribution is 0.201. The van der Waals surface area contributed by atoms with Gasteiger partial charge in [0.1, 0.15) is 12.4 Å². The minimum absolute atomic E-state index is 0.0101. The van der Waals surface area contributed by atoms with Gasteiger partial charge in [-0.05, 0) is 36.2 Å². The average Bonchev–Trinajstić information content (AvgIpc) is 2.71. The monoisotopic (exact) mass is 385 g/mol. The second-order valence-corrected chi connectivity index (χ2v) is 6.98. The standard InChI is InChI=1S/C21H24ClN3O2/c22-20-15-19(27-14-13-26)5-6-21(20)25-11-9-24(10-12-25)8-7-17-1-3-18(16-23)4-2-17/h1-6,15,26H,7-14H2. The van der Waals surface area contributed by atoms with Crippen LogP contribution in [0, 0.1) is 11.3 Å². The van der Waals surface area contributed by atoms with Crippen LogP contribution in [-0.4, -0.2) is 55.9 Å². The molecule has 1 heterocycles. The van der Waals surface area contributed by atoms with Crippen molar-refractivity contribution in [1.29, 1.82) is 5.26 Å². The molecule has 0 bridgehead atoms. The Hall–Kier alpha value is -2.26. The van der Waals surface area contributed by atoms with Gasteiger partial charge in [-0.3, -0.25) is 4.90 Å². The number of aliphatic hydroxyl groups excluding tert-OH is 1. The molecule has 6 heteroatoms. The summed E-state index contributed by atoms with van der Waals surface area (Å²) in [6, 6.07) is 15.7. The molecule has 0 radical (unpaired) electrons. The molecule has 0 aromatic heterocycles. The first-order chi connectivity index (χ1) is 13.2. The van der Waals surface area contributed by atoms with Gasteiger partial charge in [-0.25, -0.2) is 0 Å². The summed E-state index contributed by atoms with van der Waals surface area (Å²) in [4.78, 5) is 4.76. The van der Waals surface area contributed by atoms with Gasteiger partial charge in [0.25, 0.3) is 0 Å². The molecule has 0 saturated carbocycles. The van der Waals surface area contributed by atoms with Crippen LogP contribution in [0.15, 0.2) is 42.5 Å². The number of rotatable bonds is 7. The van der Waals surface area contributed by atoms with E-state index in [1.54, 1.807) is 0 Å². The highest BCUT2D eigenvalue weighted by Gasteiger charge is 2.19. The smallest absolute Gasteiger partial charge is 0.121 e. The second kappa shape index (κ2) is 9.61. The molecule has 1 saturated heterocycles. The topological polar surface area (TPSA) is 59.7 Å². The summed E-state index contributed by atoms with van der Waals surface area (Å²) in [6.45, 7) is 5.14. The van der Waals surface area contributed by atoms with Gasteiger partial charge in [0.15, 0.2) is 0 Å². The lowest BCUT2D eigenvalue weighted by Crippen LogP contribution is -2.47. The van der Waals surface area contributed by atoms with Crippen LogP contribution < -0.4 is 9.64 Å². The molecule has 0 aliphatic carbocycles.